The Morgan fingerprint density at radius 3 is 2.59 bits per heavy atom. The number of hydrogen-bond donors (Lipinski definition) is 1. The predicted octanol–water partition coefficient (Wildman–Crippen LogP) is 2.38. The Bertz CT molecular complexity index is 474. The van der Waals surface area contributed by atoms with Crippen molar-refractivity contribution in [2.45, 2.75) is 6.61 Å². The fourth-order valence-electron chi connectivity index (χ4n) is 1.41. The SMILES string of the molecule is COc1ccc(COC(=O)c2ccc[nH]2)cc1. The molecular weight excluding hydrogens is 218 g/mol. The van der Waals surface area contributed by atoms with Gasteiger partial charge in [-0.25, -0.2) is 4.79 Å². The summed E-state index contributed by atoms with van der Waals surface area (Å²) >= 11 is 0. The van der Waals surface area contributed by atoms with Crippen LogP contribution in [0.15, 0.2) is 42.6 Å². The average molecular weight is 231 g/mol. The van der Waals surface area contributed by atoms with E-state index in [2.05, 4.69) is 4.98 Å². The third-order valence-electron chi connectivity index (χ3n) is 2.35. The number of benzene rings is 1. The van der Waals surface area contributed by atoms with Crippen LogP contribution in [-0.4, -0.2) is 18.1 Å². The zero-order valence-electron chi connectivity index (χ0n) is 9.47. The van der Waals surface area contributed by atoms with Gasteiger partial charge in [0, 0.05) is 6.20 Å². The molecule has 0 saturated carbocycles. The Hall–Kier alpha value is -2.23. The lowest BCUT2D eigenvalue weighted by atomic mass is 10.2. The quantitative estimate of drug-likeness (QED) is 0.822. The van der Waals surface area contributed by atoms with Crippen molar-refractivity contribution in [3.05, 3.63) is 53.9 Å². The summed E-state index contributed by atoms with van der Waals surface area (Å²) in [7, 11) is 1.61. The highest BCUT2D eigenvalue weighted by molar-refractivity contribution is 5.87. The Morgan fingerprint density at radius 1 is 1.24 bits per heavy atom. The van der Waals surface area contributed by atoms with Gasteiger partial charge >= 0.3 is 5.97 Å². The first-order valence-corrected chi connectivity index (χ1v) is 5.23. The molecule has 0 amide bonds. The molecule has 4 heteroatoms. The maximum absolute atomic E-state index is 11.5. The van der Waals surface area contributed by atoms with Crippen LogP contribution in [0, 0.1) is 0 Å². The molecule has 0 unspecified atom stereocenters. The van der Waals surface area contributed by atoms with E-state index in [4.69, 9.17) is 9.47 Å². The van der Waals surface area contributed by atoms with E-state index >= 15 is 0 Å². The second-order valence-corrected chi connectivity index (χ2v) is 3.51. The van der Waals surface area contributed by atoms with Gasteiger partial charge in [-0.2, -0.15) is 0 Å². The summed E-state index contributed by atoms with van der Waals surface area (Å²) in [5.41, 5.74) is 1.38. The Morgan fingerprint density at radius 2 is 2.00 bits per heavy atom. The number of H-pyrrole nitrogens is 1. The van der Waals surface area contributed by atoms with Gasteiger partial charge in [-0.1, -0.05) is 12.1 Å². The molecule has 0 spiro atoms. The molecule has 2 aromatic rings. The normalized spacial score (nSPS) is 9.94. The van der Waals surface area contributed by atoms with Gasteiger partial charge in [-0.15, -0.1) is 0 Å². The molecule has 1 heterocycles. The zero-order chi connectivity index (χ0) is 12.1. The zero-order valence-corrected chi connectivity index (χ0v) is 9.47. The largest absolute Gasteiger partial charge is 0.497 e. The van der Waals surface area contributed by atoms with Crippen molar-refractivity contribution in [3.63, 3.8) is 0 Å². The minimum absolute atomic E-state index is 0.252. The highest BCUT2D eigenvalue weighted by atomic mass is 16.5. The van der Waals surface area contributed by atoms with Crippen LogP contribution in [-0.2, 0) is 11.3 Å². The molecule has 1 aromatic heterocycles. The van der Waals surface area contributed by atoms with E-state index < -0.39 is 0 Å². The lowest BCUT2D eigenvalue weighted by molar-refractivity contribution is 0.0466. The average Bonchev–Trinajstić information content (AvgIpc) is 2.90. The van der Waals surface area contributed by atoms with Crippen LogP contribution < -0.4 is 4.74 Å². The summed E-state index contributed by atoms with van der Waals surface area (Å²) < 4.78 is 10.2. The maximum Gasteiger partial charge on any atom is 0.355 e. The molecule has 0 aliphatic carbocycles. The van der Waals surface area contributed by atoms with Gasteiger partial charge in [0.15, 0.2) is 0 Å². The van der Waals surface area contributed by atoms with E-state index in [1.807, 2.05) is 24.3 Å². The van der Waals surface area contributed by atoms with Gasteiger partial charge in [0.2, 0.25) is 0 Å². The molecule has 0 atom stereocenters. The molecule has 4 nitrogen and oxygen atoms in total. The van der Waals surface area contributed by atoms with Gasteiger partial charge in [0.05, 0.1) is 7.11 Å². The van der Waals surface area contributed by atoms with Crippen molar-refractivity contribution in [3.8, 4) is 5.75 Å². The number of carbonyl (C=O) groups is 1. The van der Waals surface area contributed by atoms with Crippen LogP contribution in [0.2, 0.25) is 0 Å². The first kappa shape index (κ1) is 11.3. The fourth-order valence-corrected chi connectivity index (χ4v) is 1.41. The van der Waals surface area contributed by atoms with Crippen LogP contribution in [0.3, 0.4) is 0 Å². The molecule has 0 radical (unpaired) electrons. The van der Waals surface area contributed by atoms with E-state index in [1.54, 1.807) is 25.4 Å². The fraction of sp³-hybridized carbons (Fsp3) is 0.154. The van der Waals surface area contributed by atoms with Crippen LogP contribution in [0.1, 0.15) is 16.1 Å². The molecule has 1 aromatic carbocycles. The molecule has 2 rings (SSSR count). The third kappa shape index (κ3) is 2.87. The lowest BCUT2D eigenvalue weighted by Crippen LogP contribution is -2.05. The van der Waals surface area contributed by atoms with Crippen molar-refractivity contribution >= 4 is 5.97 Å². The van der Waals surface area contributed by atoms with Crippen molar-refractivity contribution in [1.29, 1.82) is 0 Å². The maximum atomic E-state index is 11.5. The molecule has 0 aliphatic heterocycles. The van der Waals surface area contributed by atoms with Crippen molar-refractivity contribution in [2.75, 3.05) is 7.11 Å². The number of ether oxygens (including phenoxy) is 2. The van der Waals surface area contributed by atoms with Crippen LogP contribution in [0.5, 0.6) is 5.75 Å². The standard InChI is InChI=1S/C13H13NO3/c1-16-11-6-4-10(5-7-11)9-17-13(15)12-3-2-8-14-12/h2-8,14H,9H2,1H3. The van der Waals surface area contributed by atoms with Gasteiger partial charge in [0.25, 0.3) is 0 Å². The number of esters is 1. The molecule has 1 N–H and O–H groups in total. The second kappa shape index (κ2) is 5.21. The molecule has 0 bridgehead atoms. The number of nitrogens with one attached hydrogen (secondary N) is 1. The number of rotatable bonds is 4. The topological polar surface area (TPSA) is 51.3 Å². The van der Waals surface area contributed by atoms with Gasteiger partial charge in [0.1, 0.15) is 18.1 Å². The number of methoxy groups -OCH3 is 1. The van der Waals surface area contributed by atoms with Crippen LogP contribution in [0.4, 0.5) is 0 Å². The van der Waals surface area contributed by atoms with E-state index in [1.165, 1.54) is 0 Å². The molecular formula is C13H13NO3. The lowest BCUT2D eigenvalue weighted by Gasteiger charge is -2.04. The van der Waals surface area contributed by atoms with Crippen molar-refractivity contribution < 1.29 is 14.3 Å². The van der Waals surface area contributed by atoms with E-state index in [9.17, 15) is 4.79 Å². The smallest absolute Gasteiger partial charge is 0.355 e. The monoisotopic (exact) mass is 231 g/mol. The highest BCUT2D eigenvalue weighted by Crippen LogP contribution is 2.12. The minimum atomic E-state index is -0.356. The van der Waals surface area contributed by atoms with E-state index in [-0.39, 0.29) is 12.6 Å². The molecule has 0 saturated heterocycles. The van der Waals surface area contributed by atoms with Crippen LogP contribution in [0.25, 0.3) is 0 Å². The van der Waals surface area contributed by atoms with E-state index in [0.717, 1.165) is 11.3 Å². The number of carbonyl (C=O) groups excluding carboxylic acids is 1. The summed E-state index contributed by atoms with van der Waals surface area (Å²) in [5.74, 6) is 0.426. The first-order valence-electron chi connectivity index (χ1n) is 5.23. The predicted molar refractivity (Wildman–Crippen MR) is 62.9 cm³/mol. The third-order valence-corrected chi connectivity index (χ3v) is 2.35. The Balaban J connectivity index is 1.91. The minimum Gasteiger partial charge on any atom is -0.497 e. The Labute approximate surface area is 99.2 Å². The second-order valence-electron chi connectivity index (χ2n) is 3.51. The van der Waals surface area contributed by atoms with Gasteiger partial charge in [-0.3, -0.25) is 0 Å². The highest BCUT2D eigenvalue weighted by Gasteiger charge is 2.07. The Kier molecular flexibility index (Phi) is 3.45. The molecule has 88 valence electrons. The van der Waals surface area contributed by atoms with Crippen molar-refractivity contribution in [2.24, 2.45) is 0 Å². The van der Waals surface area contributed by atoms with E-state index in [0.29, 0.717) is 5.69 Å². The van der Waals surface area contributed by atoms with Gasteiger partial charge < -0.3 is 14.5 Å². The summed E-state index contributed by atoms with van der Waals surface area (Å²) in [4.78, 5) is 14.3. The summed E-state index contributed by atoms with van der Waals surface area (Å²) in [6.07, 6.45) is 1.68. The van der Waals surface area contributed by atoms with Gasteiger partial charge in [-0.05, 0) is 29.8 Å². The molecule has 0 fully saturated rings. The summed E-state index contributed by atoms with van der Waals surface area (Å²) in [6, 6.07) is 10.8. The summed E-state index contributed by atoms with van der Waals surface area (Å²) in [5, 5.41) is 0. The van der Waals surface area contributed by atoms with Crippen LogP contribution >= 0.6 is 0 Å². The molecule has 17 heavy (non-hydrogen) atoms. The number of aromatic nitrogens is 1. The number of hydrogen-bond acceptors (Lipinski definition) is 3. The molecule has 0 aliphatic rings. The first-order chi connectivity index (χ1) is 8.29. The number of aromatic amines is 1. The summed E-state index contributed by atoms with van der Waals surface area (Å²) in [6.45, 7) is 0.252. The van der Waals surface area contributed by atoms with Crippen molar-refractivity contribution in [1.82, 2.24) is 4.98 Å².